The van der Waals surface area contributed by atoms with Gasteiger partial charge in [-0.2, -0.15) is 0 Å². The summed E-state index contributed by atoms with van der Waals surface area (Å²) in [5.74, 6) is -1.24. The number of hydrogen-bond acceptors (Lipinski definition) is 3. The molecule has 84 valence electrons. The van der Waals surface area contributed by atoms with E-state index >= 15 is 0 Å². The van der Waals surface area contributed by atoms with E-state index in [1.165, 1.54) is 13.2 Å². The molecule has 0 saturated carbocycles. The summed E-state index contributed by atoms with van der Waals surface area (Å²) >= 11 is 0. The average Bonchev–Trinajstić information content (AvgIpc) is 2.17. The smallest absolute Gasteiger partial charge is 0.196 e. The molecule has 0 spiro atoms. The summed E-state index contributed by atoms with van der Waals surface area (Å²) in [6, 6.07) is 1.29. The van der Waals surface area contributed by atoms with Gasteiger partial charge in [0.15, 0.2) is 17.3 Å². The molecule has 1 rings (SSSR count). The number of aryl methyl sites for hydroxylation is 1. The SMILES string of the molecule is COc1c(F)cc(C)c(C(C)CO)c1O. The third-order valence-electron chi connectivity index (χ3n) is 2.43. The standard InChI is InChI=1S/C11H15FO3/c1-6-4-8(12)11(15-3)10(14)9(6)7(2)5-13/h4,7,13-14H,5H2,1-3H3. The molecule has 1 aromatic carbocycles. The van der Waals surface area contributed by atoms with Crippen LogP contribution in [-0.2, 0) is 0 Å². The Balaban J connectivity index is 3.38. The fourth-order valence-electron chi connectivity index (χ4n) is 1.66. The minimum atomic E-state index is -0.596. The van der Waals surface area contributed by atoms with Gasteiger partial charge in [-0.1, -0.05) is 6.92 Å². The van der Waals surface area contributed by atoms with Crippen molar-refractivity contribution in [3.05, 3.63) is 23.0 Å². The van der Waals surface area contributed by atoms with Crippen LogP contribution in [0.5, 0.6) is 11.5 Å². The average molecular weight is 214 g/mol. The molecule has 0 heterocycles. The highest BCUT2D eigenvalue weighted by atomic mass is 19.1. The van der Waals surface area contributed by atoms with E-state index in [0.717, 1.165) is 0 Å². The molecule has 0 fully saturated rings. The fraction of sp³-hybridized carbons (Fsp3) is 0.455. The van der Waals surface area contributed by atoms with Crippen LogP contribution in [0, 0.1) is 12.7 Å². The van der Waals surface area contributed by atoms with Crippen molar-refractivity contribution in [1.82, 2.24) is 0 Å². The lowest BCUT2D eigenvalue weighted by molar-refractivity contribution is 0.268. The number of phenolic OH excluding ortho intramolecular Hbond substituents is 1. The number of benzene rings is 1. The van der Waals surface area contributed by atoms with Crippen molar-refractivity contribution in [3.63, 3.8) is 0 Å². The Hall–Kier alpha value is -1.29. The Labute approximate surface area is 88.1 Å². The van der Waals surface area contributed by atoms with Crippen molar-refractivity contribution in [1.29, 1.82) is 0 Å². The zero-order chi connectivity index (χ0) is 11.6. The molecule has 0 aliphatic carbocycles. The van der Waals surface area contributed by atoms with Gasteiger partial charge in [-0.05, 0) is 18.6 Å². The third-order valence-corrected chi connectivity index (χ3v) is 2.43. The lowest BCUT2D eigenvalue weighted by Crippen LogP contribution is -2.04. The van der Waals surface area contributed by atoms with Crippen LogP contribution in [-0.4, -0.2) is 23.9 Å². The van der Waals surface area contributed by atoms with E-state index in [9.17, 15) is 9.50 Å². The molecular weight excluding hydrogens is 199 g/mol. The number of rotatable bonds is 3. The second kappa shape index (κ2) is 4.49. The fourth-order valence-corrected chi connectivity index (χ4v) is 1.66. The largest absolute Gasteiger partial charge is 0.504 e. The summed E-state index contributed by atoms with van der Waals surface area (Å²) in [4.78, 5) is 0. The van der Waals surface area contributed by atoms with E-state index in [-0.39, 0.29) is 24.0 Å². The Morgan fingerprint density at radius 3 is 2.60 bits per heavy atom. The predicted molar refractivity (Wildman–Crippen MR) is 54.9 cm³/mol. The van der Waals surface area contributed by atoms with Gasteiger partial charge in [0.25, 0.3) is 0 Å². The lowest BCUT2D eigenvalue weighted by atomic mass is 9.95. The van der Waals surface area contributed by atoms with Crippen LogP contribution in [0.25, 0.3) is 0 Å². The molecular formula is C11H15FO3. The van der Waals surface area contributed by atoms with E-state index in [1.807, 2.05) is 0 Å². The van der Waals surface area contributed by atoms with Gasteiger partial charge in [-0.3, -0.25) is 0 Å². The number of halogens is 1. The Bertz CT molecular complexity index is 363. The molecule has 1 unspecified atom stereocenters. The number of ether oxygens (including phenoxy) is 1. The van der Waals surface area contributed by atoms with Gasteiger partial charge in [0.1, 0.15) is 0 Å². The molecule has 0 aliphatic heterocycles. The van der Waals surface area contributed by atoms with E-state index in [2.05, 4.69) is 0 Å². The third kappa shape index (κ3) is 2.04. The summed E-state index contributed by atoms with van der Waals surface area (Å²) in [5, 5.41) is 18.8. The lowest BCUT2D eigenvalue weighted by Gasteiger charge is -2.16. The van der Waals surface area contributed by atoms with Crippen LogP contribution in [0.15, 0.2) is 6.07 Å². The number of aromatic hydroxyl groups is 1. The first-order valence-corrected chi connectivity index (χ1v) is 4.69. The molecule has 3 nitrogen and oxygen atoms in total. The van der Waals surface area contributed by atoms with E-state index in [1.54, 1.807) is 13.8 Å². The molecule has 15 heavy (non-hydrogen) atoms. The van der Waals surface area contributed by atoms with E-state index in [4.69, 9.17) is 9.84 Å². The minimum absolute atomic E-state index is 0.108. The van der Waals surface area contributed by atoms with Gasteiger partial charge in [-0.25, -0.2) is 4.39 Å². The Kier molecular flexibility index (Phi) is 3.52. The van der Waals surface area contributed by atoms with Crippen molar-refractivity contribution in [2.45, 2.75) is 19.8 Å². The maximum Gasteiger partial charge on any atom is 0.196 e. The van der Waals surface area contributed by atoms with Crippen molar-refractivity contribution < 1.29 is 19.3 Å². The topological polar surface area (TPSA) is 49.7 Å². The molecule has 1 aromatic rings. The maximum absolute atomic E-state index is 13.3. The number of methoxy groups -OCH3 is 1. The number of aliphatic hydroxyl groups excluding tert-OH is 1. The van der Waals surface area contributed by atoms with Crippen LogP contribution in [0.1, 0.15) is 24.0 Å². The predicted octanol–water partition coefficient (Wildman–Crippen LogP) is 1.94. The summed E-state index contributed by atoms with van der Waals surface area (Å²) in [7, 11) is 1.29. The molecule has 0 saturated heterocycles. The Morgan fingerprint density at radius 2 is 2.13 bits per heavy atom. The summed E-state index contributed by atoms with van der Waals surface area (Å²) in [6.07, 6.45) is 0. The van der Waals surface area contributed by atoms with Crippen molar-refractivity contribution in [2.24, 2.45) is 0 Å². The molecule has 4 heteroatoms. The second-order valence-corrected chi connectivity index (χ2v) is 3.55. The molecule has 0 amide bonds. The van der Waals surface area contributed by atoms with E-state index < -0.39 is 5.82 Å². The van der Waals surface area contributed by atoms with Crippen LogP contribution >= 0.6 is 0 Å². The highest BCUT2D eigenvalue weighted by molar-refractivity contribution is 5.51. The first-order valence-electron chi connectivity index (χ1n) is 4.69. The van der Waals surface area contributed by atoms with Gasteiger partial charge in [-0.15, -0.1) is 0 Å². The second-order valence-electron chi connectivity index (χ2n) is 3.55. The monoisotopic (exact) mass is 214 g/mol. The molecule has 1 atom stereocenters. The van der Waals surface area contributed by atoms with Crippen LogP contribution in [0.4, 0.5) is 4.39 Å². The number of hydrogen-bond donors (Lipinski definition) is 2. The zero-order valence-corrected chi connectivity index (χ0v) is 9.04. The quantitative estimate of drug-likeness (QED) is 0.808. The molecule has 0 aliphatic rings. The summed E-state index contributed by atoms with van der Waals surface area (Å²) < 4.78 is 18.1. The first kappa shape index (κ1) is 11.8. The molecule has 2 N–H and O–H groups in total. The Morgan fingerprint density at radius 1 is 1.53 bits per heavy atom. The van der Waals surface area contributed by atoms with Crippen molar-refractivity contribution >= 4 is 0 Å². The summed E-state index contributed by atoms with van der Waals surface area (Å²) in [5.41, 5.74) is 1.13. The highest BCUT2D eigenvalue weighted by Gasteiger charge is 2.20. The summed E-state index contributed by atoms with van der Waals surface area (Å²) in [6.45, 7) is 3.33. The van der Waals surface area contributed by atoms with Gasteiger partial charge in [0, 0.05) is 18.1 Å². The normalized spacial score (nSPS) is 12.6. The van der Waals surface area contributed by atoms with Crippen LogP contribution in [0.2, 0.25) is 0 Å². The van der Waals surface area contributed by atoms with Gasteiger partial charge in [0.05, 0.1) is 7.11 Å². The van der Waals surface area contributed by atoms with E-state index in [0.29, 0.717) is 11.1 Å². The van der Waals surface area contributed by atoms with Gasteiger partial charge >= 0.3 is 0 Å². The number of phenols is 1. The van der Waals surface area contributed by atoms with Gasteiger partial charge in [0.2, 0.25) is 0 Å². The molecule has 0 radical (unpaired) electrons. The number of aliphatic hydroxyl groups is 1. The molecule has 0 bridgehead atoms. The minimum Gasteiger partial charge on any atom is -0.504 e. The molecule has 0 aromatic heterocycles. The van der Waals surface area contributed by atoms with Crippen LogP contribution < -0.4 is 4.74 Å². The van der Waals surface area contributed by atoms with Crippen LogP contribution in [0.3, 0.4) is 0 Å². The zero-order valence-electron chi connectivity index (χ0n) is 9.04. The maximum atomic E-state index is 13.3. The van der Waals surface area contributed by atoms with Crippen molar-refractivity contribution in [2.75, 3.05) is 13.7 Å². The highest BCUT2D eigenvalue weighted by Crippen LogP contribution is 2.38. The van der Waals surface area contributed by atoms with Crippen molar-refractivity contribution in [3.8, 4) is 11.5 Å². The first-order chi connectivity index (χ1) is 7.02. The van der Waals surface area contributed by atoms with Gasteiger partial charge < -0.3 is 14.9 Å².